The fourth-order valence-electron chi connectivity index (χ4n) is 2.27. The van der Waals surface area contributed by atoms with Crippen LogP contribution in [0.1, 0.15) is 17.5 Å². The maximum Gasteiger partial charge on any atom is 0.143 e. The third-order valence-electron chi connectivity index (χ3n) is 2.99. The van der Waals surface area contributed by atoms with Crippen LogP contribution in [-0.4, -0.2) is 11.7 Å². The van der Waals surface area contributed by atoms with Crippen molar-refractivity contribution in [3.05, 3.63) is 29.5 Å². The number of fused-ring (bicyclic) bond motifs is 1. The van der Waals surface area contributed by atoms with Crippen LogP contribution in [0.5, 0.6) is 5.75 Å². The Hall–Kier alpha value is -1.95. The number of methoxy groups -OCH3 is 1. The molecule has 2 aromatic rings. The average molecular weight is 228 g/mol. The zero-order chi connectivity index (χ0) is 12.4. The molecule has 1 aromatic carbocycles. The number of aryl methyl sites for hydroxylation is 3. The van der Waals surface area contributed by atoms with Gasteiger partial charge in [0.15, 0.2) is 0 Å². The molecular formula is C14H16N2O. The predicted molar refractivity (Wildman–Crippen MR) is 68.1 cm³/mol. The maximum absolute atomic E-state index is 8.68. The van der Waals surface area contributed by atoms with E-state index in [2.05, 4.69) is 29.8 Å². The van der Waals surface area contributed by atoms with Gasteiger partial charge in [-0.25, -0.2) is 0 Å². The maximum atomic E-state index is 8.68. The van der Waals surface area contributed by atoms with Crippen LogP contribution in [0.4, 0.5) is 0 Å². The molecule has 0 spiro atoms. The van der Waals surface area contributed by atoms with Crippen LogP contribution in [-0.2, 0) is 13.5 Å². The minimum Gasteiger partial charge on any atom is -0.495 e. The third-order valence-corrected chi connectivity index (χ3v) is 2.99. The van der Waals surface area contributed by atoms with E-state index in [9.17, 15) is 0 Å². The van der Waals surface area contributed by atoms with Gasteiger partial charge < -0.3 is 9.30 Å². The van der Waals surface area contributed by atoms with Gasteiger partial charge in [0.1, 0.15) is 5.75 Å². The van der Waals surface area contributed by atoms with E-state index >= 15 is 0 Å². The summed E-state index contributed by atoms with van der Waals surface area (Å²) in [5.41, 5.74) is 3.50. The van der Waals surface area contributed by atoms with Gasteiger partial charge >= 0.3 is 0 Å². The SMILES string of the molecule is COc1cc(C)cc2c(CCC#N)cn(C)c12. The summed E-state index contributed by atoms with van der Waals surface area (Å²) < 4.78 is 7.49. The molecule has 1 heterocycles. The molecule has 0 N–H and O–H groups in total. The first-order chi connectivity index (χ1) is 8.17. The molecule has 2 rings (SSSR count). The van der Waals surface area contributed by atoms with E-state index in [1.165, 1.54) is 16.5 Å². The summed E-state index contributed by atoms with van der Waals surface area (Å²) in [5, 5.41) is 9.87. The second-order valence-corrected chi connectivity index (χ2v) is 4.29. The highest BCUT2D eigenvalue weighted by Gasteiger charge is 2.11. The molecule has 0 saturated heterocycles. The highest BCUT2D eigenvalue weighted by Crippen LogP contribution is 2.31. The molecule has 0 fully saturated rings. The molecule has 3 heteroatoms. The van der Waals surface area contributed by atoms with Crippen molar-refractivity contribution < 1.29 is 4.74 Å². The van der Waals surface area contributed by atoms with Gasteiger partial charge in [0.25, 0.3) is 0 Å². The standard InChI is InChI=1S/C14H16N2O/c1-10-7-12-11(5-4-6-15)9-16(2)14(12)13(8-10)17-3/h7-9H,4-5H2,1-3H3. The lowest BCUT2D eigenvalue weighted by Crippen LogP contribution is -1.90. The topological polar surface area (TPSA) is 37.9 Å². The van der Waals surface area contributed by atoms with E-state index in [0.29, 0.717) is 6.42 Å². The highest BCUT2D eigenvalue weighted by atomic mass is 16.5. The van der Waals surface area contributed by atoms with Crippen LogP contribution in [0.2, 0.25) is 0 Å². The number of nitrogens with zero attached hydrogens (tertiary/aromatic N) is 2. The highest BCUT2D eigenvalue weighted by molar-refractivity contribution is 5.90. The number of nitriles is 1. The van der Waals surface area contributed by atoms with Crippen molar-refractivity contribution in [2.24, 2.45) is 7.05 Å². The van der Waals surface area contributed by atoms with Crippen LogP contribution in [0.3, 0.4) is 0 Å². The normalized spacial score (nSPS) is 10.5. The van der Waals surface area contributed by atoms with E-state index in [1.807, 2.05) is 13.1 Å². The summed E-state index contributed by atoms with van der Waals surface area (Å²) in [4.78, 5) is 0. The van der Waals surface area contributed by atoms with Crippen LogP contribution in [0.25, 0.3) is 10.9 Å². The number of hydrogen-bond acceptors (Lipinski definition) is 2. The van der Waals surface area contributed by atoms with Crippen molar-refractivity contribution in [1.82, 2.24) is 4.57 Å². The second-order valence-electron chi connectivity index (χ2n) is 4.29. The zero-order valence-corrected chi connectivity index (χ0v) is 10.4. The van der Waals surface area contributed by atoms with Crippen molar-refractivity contribution in [2.45, 2.75) is 19.8 Å². The van der Waals surface area contributed by atoms with Crippen molar-refractivity contribution >= 4 is 10.9 Å². The molecule has 0 saturated carbocycles. The molecule has 0 aliphatic heterocycles. The molecule has 1 aromatic heterocycles. The van der Waals surface area contributed by atoms with Gasteiger partial charge in [0, 0.05) is 25.1 Å². The fraction of sp³-hybridized carbons (Fsp3) is 0.357. The smallest absolute Gasteiger partial charge is 0.143 e. The Labute approximate surface area is 101 Å². The molecule has 0 aliphatic rings. The first kappa shape index (κ1) is 11.5. The van der Waals surface area contributed by atoms with Crippen molar-refractivity contribution in [2.75, 3.05) is 7.11 Å². The number of rotatable bonds is 3. The van der Waals surface area contributed by atoms with Crippen molar-refractivity contribution in [3.63, 3.8) is 0 Å². The average Bonchev–Trinajstić information content (AvgIpc) is 2.62. The van der Waals surface area contributed by atoms with Gasteiger partial charge in [0.2, 0.25) is 0 Å². The summed E-state index contributed by atoms with van der Waals surface area (Å²) in [5.74, 6) is 0.894. The first-order valence-electron chi connectivity index (χ1n) is 5.67. The molecule has 3 nitrogen and oxygen atoms in total. The van der Waals surface area contributed by atoms with Gasteiger partial charge in [-0.15, -0.1) is 0 Å². The lowest BCUT2D eigenvalue weighted by atomic mass is 10.1. The van der Waals surface area contributed by atoms with Crippen LogP contribution >= 0.6 is 0 Å². The summed E-state index contributed by atoms with van der Waals surface area (Å²) in [7, 11) is 3.70. The molecule has 0 radical (unpaired) electrons. The molecule has 0 atom stereocenters. The number of benzene rings is 1. The van der Waals surface area contributed by atoms with Gasteiger partial charge in [-0.05, 0) is 36.6 Å². The summed E-state index contributed by atoms with van der Waals surface area (Å²) in [6.45, 7) is 2.06. The van der Waals surface area contributed by atoms with E-state index in [0.717, 1.165) is 17.7 Å². The number of ether oxygens (including phenoxy) is 1. The monoisotopic (exact) mass is 228 g/mol. The minimum absolute atomic E-state index is 0.551. The Bertz CT molecular complexity index is 590. The Morgan fingerprint density at radius 3 is 2.82 bits per heavy atom. The molecule has 88 valence electrons. The molecular weight excluding hydrogens is 212 g/mol. The largest absolute Gasteiger partial charge is 0.495 e. The first-order valence-corrected chi connectivity index (χ1v) is 5.67. The summed E-state index contributed by atoms with van der Waals surface area (Å²) in [6.07, 6.45) is 3.43. The second kappa shape index (κ2) is 4.50. The Morgan fingerprint density at radius 2 is 2.18 bits per heavy atom. The Kier molecular flexibility index (Phi) is 3.06. The fourth-order valence-corrected chi connectivity index (χ4v) is 2.27. The third kappa shape index (κ3) is 1.99. The van der Waals surface area contributed by atoms with E-state index < -0.39 is 0 Å². The summed E-state index contributed by atoms with van der Waals surface area (Å²) >= 11 is 0. The van der Waals surface area contributed by atoms with E-state index in [1.54, 1.807) is 7.11 Å². The van der Waals surface area contributed by atoms with Crippen molar-refractivity contribution in [3.8, 4) is 11.8 Å². The van der Waals surface area contributed by atoms with Gasteiger partial charge in [-0.1, -0.05) is 0 Å². The molecule has 17 heavy (non-hydrogen) atoms. The van der Waals surface area contributed by atoms with Crippen LogP contribution in [0.15, 0.2) is 18.3 Å². The van der Waals surface area contributed by atoms with Gasteiger partial charge in [-0.2, -0.15) is 5.26 Å². The van der Waals surface area contributed by atoms with Crippen LogP contribution < -0.4 is 4.74 Å². The van der Waals surface area contributed by atoms with Crippen LogP contribution in [0, 0.1) is 18.3 Å². The lowest BCUT2D eigenvalue weighted by Gasteiger charge is -2.06. The lowest BCUT2D eigenvalue weighted by molar-refractivity contribution is 0.417. The molecule has 0 unspecified atom stereocenters. The predicted octanol–water partition coefficient (Wildman–Crippen LogP) is 2.95. The molecule has 0 amide bonds. The number of hydrogen-bond donors (Lipinski definition) is 0. The summed E-state index contributed by atoms with van der Waals surface area (Å²) in [6, 6.07) is 6.39. The minimum atomic E-state index is 0.551. The zero-order valence-electron chi connectivity index (χ0n) is 10.4. The Morgan fingerprint density at radius 1 is 1.41 bits per heavy atom. The Balaban J connectivity index is 2.65. The number of aromatic nitrogens is 1. The van der Waals surface area contributed by atoms with Gasteiger partial charge in [0.05, 0.1) is 18.7 Å². The van der Waals surface area contributed by atoms with E-state index in [4.69, 9.17) is 10.00 Å². The molecule has 0 aliphatic carbocycles. The van der Waals surface area contributed by atoms with Crippen molar-refractivity contribution in [1.29, 1.82) is 5.26 Å². The van der Waals surface area contributed by atoms with Gasteiger partial charge in [-0.3, -0.25) is 0 Å². The van der Waals surface area contributed by atoms with E-state index in [-0.39, 0.29) is 0 Å². The molecule has 0 bridgehead atoms. The quantitative estimate of drug-likeness (QED) is 0.810.